The molecule has 2 unspecified atom stereocenters. The normalized spacial score (nSPS) is 13.7. The lowest BCUT2D eigenvalue weighted by molar-refractivity contribution is -0.161. The summed E-state index contributed by atoms with van der Waals surface area (Å²) in [7, 11) is -9.92. The molecular weight excluding hydrogens is 1380 g/mol. The molecule has 17 nitrogen and oxygen atoms in total. The van der Waals surface area contributed by atoms with E-state index in [9.17, 15) is 43.2 Å². The summed E-state index contributed by atoms with van der Waals surface area (Å²) in [6.07, 6.45) is 73.9. The van der Waals surface area contributed by atoms with Crippen LogP contribution in [0.15, 0.2) is 0 Å². The van der Waals surface area contributed by atoms with E-state index in [1.807, 2.05) is 0 Å². The molecule has 0 bridgehead atoms. The fraction of sp³-hybridized carbons (Fsp3) is 0.954. The second kappa shape index (κ2) is 79.7. The number of unbranched alkanes of at least 4 members (excludes halogenated alkanes) is 59. The lowest BCUT2D eigenvalue weighted by Crippen LogP contribution is -2.30. The van der Waals surface area contributed by atoms with Gasteiger partial charge in [0.25, 0.3) is 0 Å². The Morgan fingerprint density at radius 2 is 0.434 bits per heavy atom. The number of carbonyl (C=O) groups excluding carboxylic acids is 4. The van der Waals surface area contributed by atoms with Crippen molar-refractivity contribution in [1.29, 1.82) is 0 Å². The van der Waals surface area contributed by atoms with Gasteiger partial charge in [0, 0.05) is 25.7 Å². The van der Waals surface area contributed by atoms with E-state index in [1.165, 1.54) is 283 Å². The van der Waals surface area contributed by atoms with E-state index in [4.69, 9.17) is 37.0 Å². The molecule has 0 aliphatic rings. The zero-order chi connectivity index (χ0) is 77.6. The summed E-state index contributed by atoms with van der Waals surface area (Å²) in [4.78, 5) is 73.1. The summed E-state index contributed by atoms with van der Waals surface area (Å²) in [5, 5.41) is 10.7. The number of ether oxygens (including phenoxy) is 4. The molecule has 0 aliphatic carbocycles. The first-order chi connectivity index (χ1) is 51.5. The number of phosphoric acid groups is 2. The Morgan fingerprint density at radius 1 is 0.255 bits per heavy atom. The summed E-state index contributed by atoms with van der Waals surface area (Å²) in [5.74, 6) is -1.29. The molecule has 3 N–H and O–H groups in total. The van der Waals surface area contributed by atoms with Crippen molar-refractivity contribution in [2.24, 2.45) is 5.92 Å². The van der Waals surface area contributed by atoms with Crippen LogP contribution < -0.4 is 0 Å². The Kier molecular flexibility index (Phi) is 78.2. The minimum absolute atomic E-state index is 0.108. The first-order valence-electron chi connectivity index (χ1n) is 45.1. The molecule has 0 aromatic carbocycles. The van der Waals surface area contributed by atoms with Gasteiger partial charge in [-0.05, 0) is 31.6 Å². The van der Waals surface area contributed by atoms with E-state index >= 15 is 0 Å². The Labute approximate surface area is 651 Å². The third-order valence-corrected chi connectivity index (χ3v) is 22.4. The van der Waals surface area contributed by atoms with Gasteiger partial charge in [0.2, 0.25) is 0 Å². The number of hydrogen-bond donors (Lipinski definition) is 3. The fourth-order valence-electron chi connectivity index (χ4n) is 13.6. The Bertz CT molecular complexity index is 2010. The van der Waals surface area contributed by atoms with E-state index in [0.717, 1.165) is 109 Å². The van der Waals surface area contributed by atoms with Crippen molar-refractivity contribution >= 4 is 39.5 Å². The van der Waals surface area contributed by atoms with Crippen molar-refractivity contribution in [3.05, 3.63) is 0 Å². The quantitative estimate of drug-likeness (QED) is 0.0222. The molecule has 0 spiro atoms. The number of aliphatic hydroxyl groups excluding tert-OH is 1. The van der Waals surface area contributed by atoms with Crippen molar-refractivity contribution < 1.29 is 80.2 Å². The first-order valence-corrected chi connectivity index (χ1v) is 48.1. The van der Waals surface area contributed by atoms with Crippen LogP contribution in [0.3, 0.4) is 0 Å². The molecule has 0 saturated carbocycles. The van der Waals surface area contributed by atoms with Gasteiger partial charge in [-0.3, -0.25) is 37.3 Å². The van der Waals surface area contributed by atoms with Gasteiger partial charge in [-0.15, -0.1) is 0 Å². The Hall–Kier alpha value is -1.94. The molecule has 0 radical (unpaired) electrons. The number of aliphatic hydroxyl groups is 1. The molecule has 0 saturated heterocycles. The molecule has 5 atom stereocenters. The van der Waals surface area contributed by atoms with Gasteiger partial charge in [0.1, 0.15) is 19.3 Å². The first kappa shape index (κ1) is 104. The minimum atomic E-state index is -4.96. The van der Waals surface area contributed by atoms with E-state index in [2.05, 4.69) is 34.6 Å². The standard InChI is InChI=1S/C87H170O17P2/c1-6-9-12-15-18-20-22-24-26-28-30-32-34-39-43-47-51-56-61-66-71-85(90)98-77-83(104-87(92)73-68-62-57-52-48-44-40-35-33-31-29-27-25-23-21-19-16-13-10-7-2)79-102-106(95,96)100-75-81(88)74-99-105(93,94)101-78-82(76-97-84(89)70-65-60-54-17-14-11-8-3)103-86(91)72-67-63-58-53-49-45-41-37-36-38-42-46-50-55-59-64-69-80(4)5/h80-83,88H,6-79H2,1-5H3,(H,93,94)(H,95,96)/t81-,82+,83+/m0/s1. The van der Waals surface area contributed by atoms with Gasteiger partial charge in [-0.1, -0.05) is 420 Å². The van der Waals surface area contributed by atoms with E-state index in [0.29, 0.717) is 25.7 Å². The highest BCUT2D eigenvalue weighted by Gasteiger charge is 2.30. The van der Waals surface area contributed by atoms with Gasteiger partial charge in [0.15, 0.2) is 12.2 Å². The number of rotatable bonds is 87. The third kappa shape index (κ3) is 80.1. The fourth-order valence-corrected chi connectivity index (χ4v) is 15.2. The second-order valence-electron chi connectivity index (χ2n) is 31.8. The zero-order valence-electron chi connectivity index (χ0n) is 69.6. The average Bonchev–Trinajstić information content (AvgIpc) is 0.900. The predicted octanol–water partition coefficient (Wildman–Crippen LogP) is 26.8. The predicted molar refractivity (Wildman–Crippen MR) is 437 cm³/mol. The Balaban J connectivity index is 5.15. The molecule has 0 rings (SSSR count). The van der Waals surface area contributed by atoms with Gasteiger partial charge < -0.3 is 33.8 Å². The SMILES string of the molecule is CCCCCCCCCCCCCCCCCCCCCCC(=O)OC[C@H](COP(=O)(O)OC[C@@H](O)COP(=O)(O)OC[C@@H](COC(=O)CCCCCCCCC)OC(=O)CCCCCCCCCCCCCCCCCCC(C)C)OC(=O)CCCCCCCCCCCCCCCCCCCCCC. The van der Waals surface area contributed by atoms with Gasteiger partial charge in [-0.2, -0.15) is 0 Å². The summed E-state index contributed by atoms with van der Waals surface area (Å²) >= 11 is 0. The van der Waals surface area contributed by atoms with Crippen molar-refractivity contribution in [1.82, 2.24) is 0 Å². The molecule has 0 aliphatic heterocycles. The highest BCUT2D eigenvalue weighted by Crippen LogP contribution is 2.45. The molecule has 0 amide bonds. The van der Waals surface area contributed by atoms with E-state index < -0.39 is 97.5 Å². The monoisotopic (exact) mass is 1550 g/mol. The second-order valence-corrected chi connectivity index (χ2v) is 34.7. The van der Waals surface area contributed by atoms with Crippen LogP contribution in [0.1, 0.15) is 471 Å². The van der Waals surface area contributed by atoms with Crippen molar-refractivity contribution in [2.45, 2.75) is 490 Å². The smallest absolute Gasteiger partial charge is 0.462 e. The van der Waals surface area contributed by atoms with Gasteiger partial charge in [0.05, 0.1) is 26.4 Å². The summed E-state index contributed by atoms with van der Waals surface area (Å²) < 4.78 is 68.8. The van der Waals surface area contributed by atoms with Crippen molar-refractivity contribution in [2.75, 3.05) is 39.6 Å². The highest BCUT2D eigenvalue weighted by molar-refractivity contribution is 7.47. The largest absolute Gasteiger partial charge is 0.472 e. The van der Waals surface area contributed by atoms with Crippen LogP contribution in [0.4, 0.5) is 0 Å². The molecule has 0 aromatic rings. The van der Waals surface area contributed by atoms with Crippen LogP contribution in [-0.4, -0.2) is 96.7 Å². The molecular formula is C87H170O17P2. The topological polar surface area (TPSA) is 237 Å². The maximum atomic E-state index is 13.1. The van der Waals surface area contributed by atoms with Crippen molar-refractivity contribution in [3.63, 3.8) is 0 Å². The average molecular weight is 1550 g/mol. The zero-order valence-corrected chi connectivity index (χ0v) is 71.4. The number of carbonyl (C=O) groups is 4. The van der Waals surface area contributed by atoms with Crippen LogP contribution in [0, 0.1) is 5.92 Å². The lowest BCUT2D eigenvalue weighted by Gasteiger charge is -2.21. The maximum absolute atomic E-state index is 13.1. The number of esters is 4. The summed E-state index contributed by atoms with van der Waals surface area (Å²) in [6.45, 7) is 7.35. The minimum Gasteiger partial charge on any atom is -0.462 e. The van der Waals surface area contributed by atoms with E-state index in [1.54, 1.807) is 0 Å². The van der Waals surface area contributed by atoms with Gasteiger partial charge in [-0.25, -0.2) is 9.13 Å². The third-order valence-electron chi connectivity index (χ3n) is 20.5. The molecule has 0 fully saturated rings. The Morgan fingerprint density at radius 3 is 0.642 bits per heavy atom. The molecule has 630 valence electrons. The van der Waals surface area contributed by atoms with Crippen LogP contribution in [0.5, 0.6) is 0 Å². The van der Waals surface area contributed by atoms with Crippen molar-refractivity contribution in [3.8, 4) is 0 Å². The lowest BCUT2D eigenvalue weighted by atomic mass is 10.0. The van der Waals surface area contributed by atoms with Crippen LogP contribution in [-0.2, 0) is 65.4 Å². The summed E-state index contributed by atoms with van der Waals surface area (Å²) in [6, 6.07) is 0. The number of hydrogen-bond acceptors (Lipinski definition) is 15. The highest BCUT2D eigenvalue weighted by atomic mass is 31.2. The molecule has 106 heavy (non-hydrogen) atoms. The molecule has 0 heterocycles. The summed E-state index contributed by atoms with van der Waals surface area (Å²) in [5.41, 5.74) is 0. The number of phosphoric ester groups is 2. The van der Waals surface area contributed by atoms with Crippen LogP contribution in [0.2, 0.25) is 0 Å². The molecule has 0 aromatic heterocycles. The van der Waals surface area contributed by atoms with Crippen LogP contribution >= 0.6 is 15.6 Å². The van der Waals surface area contributed by atoms with Crippen LogP contribution in [0.25, 0.3) is 0 Å². The maximum Gasteiger partial charge on any atom is 0.472 e. The molecule has 19 heteroatoms. The van der Waals surface area contributed by atoms with E-state index in [-0.39, 0.29) is 25.7 Å². The van der Waals surface area contributed by atoms with Gasteiger partial charge >= 0.3 is 39.5 Å².